The average Bonchev–Trinajstić information content (AvgIpc) is 2.60. The highest BCUT2D eigenvalue weighted by molar-refractivity contribution is 8.13. The number of esters is 1. The van der Waals surface area contributed by atoms with Crippen molar-refractivity contribution in [3.8, 4) is 0 Å². The van der Waals surface area contributed by atoms with Gasteiger partial charge in [-0.15, -0.1) is 0 Å². The quantitative estimate of drug-likeness (QED) is 0.379. The predicted octanol–water partition coefficient (Wildman–Crippen LogP) is 4.20. The minimum atomic E-state index is -1.28. The van der Waals surface area contributed by atoms with E-state index >= 15 is 0 Å². The molecule has 0 unspecified atom stereocenters. The van der Waals surface area contributed by atoms with Crippen LogP contribution in [0.25, 0.3) is 0 Å². The second-order valence-corrected chi connectivity index (χ2v) is 8.93. The van der Waals surface area contributed by atoms with E-state index in [4.69, 9.17) is 12.6 Å². The first-order chi connectivity index (χ1) is 12.3. The Hall–Kier alpha value is -1.56. The second-order valence-electron chi connectivity index (χ2n) is 8.15. The standard InChI is InChI=1S/C21H29BO4S/c1-19(2,18(25)27-7)14-10-8-9-11-15(14)21(5,6)26-17(24)20(3,4)16(23)12-13-22/h8-11H,12-13H2,1-7H3. The molecule has 0 amide bonds. The van der Waals surface area contributed by atoms with Gasteiger partial charge in [0.25, 0.3) is 0 Å². The Morgan fingerprint density at radius 3 is 2.00 bits per heavy atom. The number of carbonyl (C=O) groups excluding carboxylic acids is 3. The van der Waals surface area contributed by atoms with E-state index in [9.17, 15) is 14.4 Å². The Balaban J connectivity index is 3.28. The predicted molar refractivity (Wildman–Crippen MR) is 111 cm³/mol. The van der Waals surface area contributed by atoms with E-state index in [1.54, 1.807) is 34.0 Å². The van der Waals surface area contributed by atoms with Crippen LogP contribution in [0.3, 0.4) is 0 Å². The number of ether oxygens (including phenoxy) is 1. The Bertz CT molecular complexity index is 723. The maximum atomic E-state index is 12.8. The van der Waals surface area contributed by atoms with Crippen molar-refractivity contribution in [1.29, 1.82) is 0 Å². The smallest absolute Gasteiger partial charge is 0.319 e. The van der Waals surface area contributed by atoms with Gasteiger partial charge in [0, 0.05) is 0 Å². The van der Waals surface area contributed by atoms with Crippen molar-refractivity contribution in [2.24, 2.45) is 5.41 Å². The molecule has 1 rings (SSSR count). The SMILES string of the molecule is [B]CCC(=O)C(C)(C)C(=O)OC(C)(C)c1ccccc1C(C)(C)C(=O)SC. The molecule has 2 radical (unpaired) electrons. The van der Waals surface area contributed by atoms with Crippen molar-refractivity contribution in [2.45, 2.75) is 65.3 Å². The monoisotopic (exact) mass is 388 g/mol. The van der Waals surface area contributed by atoms with Crippen LogP contribution in [-0.2, 0) is 30.1 Å². The molecule has 0 fully saturated rings. The Kier molecular flexibility index (Phi) is 7.51. The third-order valence-electron chi connectivity index (χ3n) is 4.87. The fourth-order valence-electron chi connectivity index (χ4n) is 2.89. The number of ketones is 1. The highest BCUT2D eigenvalue weighted by atomic mass is 32.2. The molecule has 0 aliphatic heterocycles. The molecule has 0 saturated heterocycles. The lowest BCUT2D eigenvalue weighted by molar-refractivity contribution is -0.170. The largest absolute Gasteiger partial charge is 0.454 e. The molecule has 27 heavy (non-hydrogen) atoms. The lowest BCUT2D eigenvalue weighted by Gasteiger charge is -2.35. The summed E-state index contributed by atoms with van der Waals surface area (Å²) < 4.78 is 5.79. The highest BCUT2D eigenvalue weighted by Crippen LogP contribution is 2.38. The van der Waals surface area contributed by atoms with Gasteiger partial charge < -0.3 is 4.74 Å². The van der Waals surface area contributed by atoms with Crippen molar-refractivity contribution in [2.75, 3.05) is 6.26 Å². The summed E-state index contributed by atoms with van der Waals surface area (Å²) >= 11 is 1.17. The zero-order valence-corrected chi connectivity index (χ0v) is 18.2. The molecule has 1 aromatic carbocycles. The van der Waals surface area contributed by atoms with E-state index in [0.717, 1.165) is 11.1 Å². The summed E-state index contributed by atoms with van der Waals surface area (Å²) in [6.45, 7) is 10.4. The minimum absolute atomic E-state index is 0.0236. The van der Waals surface area contributed by atoms with Gasteiger partial charge in [0.1, 0.15) is 16.8 Å². The van der Waals surface area contributed by atoms with Crippen molar-refractivity contribution >= 4 is 36.5 Å². The summed E-state index contributed by atoms with van der Waals surface area (Å²) in [5, 5.41) is 0.0236. The van der Waals surface area contributed by atoms with Crippen LogP contribution in [0, 0.1) is 5.41 Å². The van der Waals surface area contributed by atoms with Gasteiger partial charge in [-0.2, -0.15) is 0 Å². The summed E-state index contributed by atoms with van der Waals surface area (Å²) in [6, 6.07) is 7.44. The summed E-state index contributed by atoms with van der Waals surface area (Å²) in [5.41, 5.74) is -1.49. The molecule has 0 N–H and O–H groups in total. The van der Waals surface area contributed by atoms with E-state index in [2.05, 4.69) is 0 Å². The highest BCUT2D eigenvalue weighted by Gasteiger charge is 2.42. The molecule has 4 nitrogen and oxygen atoms in total. The van der Waals surface area contributed by atoms with Crippen LogP contribution in [0.2, 0.25) is 6.32 Å². The van der Waals surface area contributed by atoms with E-state index in [1.807, 2.05) is 38.1 Å². The third-order valence-corrected chi connectivity index (χ3v) is 5.75. The molecule has 0 spiro atoms. The lowest BCUT2D eigenvalue weighted by Crippen LogP contribution is -2.40. The Morgan fingerprint density at radius 2 is 1.52 bits per heavy atom. The first-order valence-electron chi connectivity index (χ1n) is 8.97. The van der Waals surface area contributed by atoms with Gasteiger partial charge >= 0.3 is 5.97 Å². The molecule has 6 heteroatoms. The average molecular weight is 388 g/mol. The van der Waals surface area contributed by atoms with E-state index in [1.165, 1.54) is 11.8 Å². The van der Waals surface area contributed by atoms with Gasteiger partial charge in [-0.3, -0.25) is 14.4 Å². The number of Topliss-reactive ketones (excluding diaryl/α,β-unsaturated/α-hetero) is 1. The number of thioether (sulfide) groups is 1. The van der Waals surface area contributed by atoms with Gasteiger partial charge in [0.2, 0.25) is 0 Å². The molecule has 0 aliphatic carbocycles. The molecule has 0 heterocycles. The van der Waals surface area contributed by atoms with Gasteiger partial charge in [-0.1, -0.05) is 42.3 Å². The van der Waals surface area contributed by atoms with Gasteiger partial charge in [0.05, 0.1) is 13.3 Å². The fourth-order valence-corrected chi connectivity index (χ4v) is 3.51. The van der Waals surface area contributed by atoms with Crippen LogP contribution >= 0.6 is 11.8 Å². The number of benzene rings is 1. The summed E-state index contributed by atoms with van der Waals surface area (Å²) in [4.78, 5) is 37.5. The minimum Gasteiger partial charge on any atom is -0.454 e. The first-order valence-corrected chi connectivity index (χ1v) is 10.2. The molecule has 1 aromatic rings. The topological polar surface area (TPSA) is 60.4 Å². The van der Waals surface area contributed by atoms with Crippen LogP contribution < -0.4 is 0 Å². The number of rotatable bonds is 8. The van der Waals surface area contributed by atoms with Crippen LogP contribution in [0.15, 0.2) is 24.3 Å². The Morgan fingerprint density at radius 1 is 1.00 bits per heavy atom. The second kappa shape index (κ2) is 8.64. The molecule has 0 atom stereocenters. The van der Waals surface area contributed by atoms with Crippen LogP contribution in [0.4, 0.5) is 0 Å². The summed E-state index contributed by atoms with van der Waals surface area (Å²) in [7, 11) is 5.45. The zero-order valence-electron chi connectivity index (χ0n) is 17.3. The zero-order chi connectivity index (χ0) is 21.0. The van der Waals surface area contributed by atoms with E-state index < -0.39 is 22.4 Å². The molecule has 0 aliphatic rings. The lowest BCUT2D eigenvalue weighted by atomic mass is 9.78. The Labute approximate surface area is 168 Å². The molecule has 0 bridgehead atoms. The molecular weight excluding hydrogens is 359 g/mol. The molecule has 0 saturated carbocycles. The maximum absolute atomic E-state index is 12.8. The number of carbonyl (C=O) groups is 3. The van der Waals surface area contributed by atoms with Crippen LogP contribution in [-0.4, -0.2) is 31.0 Å². The van der Waals surface area contributed by atoms with Crippen LogP contribution in [0.1, 0.15) is 59.1 Å². The van der Waals surface area contributed by atoms with Gasteiger partial charge in [0.15, 0.2) is 5.12 Å². The molecular formula is C21H29BO4S. The van der Waals surface area contributed by atoms with E-state index in [-0.39, 0.29) is 23.6 Å². The third kappa shape index (κ3) is 5.04. The maximum Gasteiger partial charge on any atom is 0.319 e. The number of hydrogen-bond donors (Lipinski definition) is 0. The molecule has 146 valence electrons. The summed E-state index contributed by atoms with van der Waals surface area (Å²) in [6.07, 6.45) is 2.06. The first kappa shape index (κ1) is 23.5. The number of hydrogen-bond acceptors (Lipinski definition) is 5. The fraction of sp³-hybridized carbons (Fsp3) is 0.571. The van der Waals surface area contributed by atoms with Gasteiger partial charge in [-0.25, -0.2) is 0 Å². The van der Waals surface area contributed by atoms with Crippen molar-refractivity contribution < 1.29 is 19.1 Å². The summed E-state index contributed by atoms with van der Waals surface area (Å²) in [5.74, 6) is -0.855. The van der Waals surface area contributed by atoms with Crippen molar-refractivity contribution in [3.63, 3.8) is 0 Å². The van der Waals surface area contributed by atoms with Crippen molar-refractivity contribution in [3.05, 3.63) is 35.4 Å². The normalized spacial score (nSPS) is 12.6. The van der Waals surface area contributed by atoms with Crippen LogP contribution in [0.5, 0.6) is 0 Å². The van der Waals surface area contributed by atoms with E-state index in [0.29, 0.717) is 0 Å². The molecule has 0 aromatic heterocycles. The van der Waals surface area contributed by atoms with Gasteiger partial charge in [-0.05, 0) is 65.3 Å². The van der Waals surface area contributed by atoms with Crippen molar-refractivity contribution in [1.82, 2.24) is 0 Å².